The van der Waals surface area contributed by atoms with Crippen LogP contribution in [-0.2, 0) is 16.0 Å². The summed E-state index contributed by atoms with van der Waals surface area (Å²) in [5, 5.41) is 3.02. The van der Waals surface area contributed by atoms with Gasteiger partial charge in [0.2, 0.25) is 12.7 Å². The highest BCUT2D eigenvalue weighted by Crippen LogP contribution is 2.35. The molecule has 2 aromatic carbocycles. The topological polar surface area (TPSA) is 60.0 Å². The maximum atomic E-state index is 13.0. The number of fused-ring (bicyclic) bond motifs is 1. The van der Waals surface area contributed by atoms with E-state index in [4.69, 9.17) is 14.2 Å². The van der Waals surface area contributed by atoms with Gasteiger partial charge in [-0.1, -0.05) is 18.2 Å². The average molecular weight is 386 g/mol. The second-order valence-electron chi connectivity index (χ2n) is 6.88. The van der Waals surface area contributed by atoms with Gasteiger partial charge in [-0.05, 0) is 35.4 Å². The van der Waals surface area contributed by atoms with E-state index < -0.39 is 0 Å². The number of amides is 1. The molecule has 0 aliphatic carbocycles. The Bertz CT molecular complexity index is 822. The van der Waals surface area contributed by atoms with Crippen LogP contribution in [0.4, 0.5) is 4.39 Å². The number of rotatable bonds is 6. The van der Waals surface area contributed by atoms with Crippen LogP contribution in [-0.4, -0.2) is 50.4 Å². The lowest BCUT2D eigenvalue weighted by atomic mass is 10.0. The Kier molecular flexibility index (Phi) is 5.73. The molecule has 1 atom stereocenters. The number of halogens is 1. The molecule has 1 fully saturated rings. The Balaban J connectivity index is 1.44. The highest BCUT2D eigenvalue weighted by Gasteiger charge is 2.25. The van der Waals surface area contributed by atoms with Crippen LogP contribution in [0.2, 0.25) is 0 Å². The molecule has 28 heavy (non-hydrogen) atoms. The summed E-state index contributed by atoms with van der Waals surface area (Å²) in [6.45, 7) is 3.64. The molecule has 0 radical (unpaired) electrons. The molecule has 0 saturated carbocycles. The van der Waals surface area contributed by atoms with E-state index in [2.05, 4.69) is 10.2 Å². The van der Waals surface area contributed by atoms with Crippen molar-refractivity contribution in [3.05, 3.63) is 59.4 Å². The van der Waals surface area contributed by atoms with Crippen molar-refractivity contribution in [2.75, 3.05) is 39.6 Å². The molecule has 1 amide bonds. The van der Waals surface area contributed by atoms with Crippen LogP contribution in [0.5, 0.6) is 11.5 Å². The summed E-state index contributed by atoms with van der Waals surface area (Å²) < 4.78 is 29.4. The number of nitrogens with one attached hydrogen (secondary N) is 1. The SMILES string of the molecule is O=C(Cc1ccc(F)cc1)NCC(c1ccc2c(c1)OCO2)N1CCOCC1. The molecule has 2 heterocycles. The van der Waals surface area contributed by atoms with E-state index in [1.165, 1.54) is 12.1 Å². The molecule has 0 bridgehead atoms. The Morgan fingerprint density at radius 2 is 1.82 bits per heavy atom. The van der Waals surface area contributed by atoms with Gasteiger partial charge in [-0.3, -0.25) is 9.69 Å². The van der Waals surface area contributed by atoms with Gasteiger partial charge in [-0.25, -0.2) is 4.39 Å². The molecular weight excluding hydrogens is 363 g/mol. The molecule has 4 rings (SSSR count). The minimum atomic E-state index is -0.306. The molecule has 0 spiro atoms. The van der Waals surface area contributed by atoms with Crippen molar-refractivity contribution < 1.29 is 23.4 Å². The fourth-order valence-electron chi connectivity index (χ4n) is 3.53. The lowest BCUT2D eigenvalue weighted by Gasteiger charge is -2.35. The molecule has 2 aliphatic heterocycles. The first kappa shape index (κ1) is 18.7. The van der Waals surface area contributed by atoms with Crippen LogP contribution in [0.15, 0.2) is 42.5 Å². The van der Waals surface area contributed by atoms with Crippen LogP contribution in [0.3, 0.4) is 0 Å². The standard InChI is InChI=1S/C21H23FN2O4/c22-17-4-1-15(2-5-17)11-21(25)23-13-18(24-7-9-26-10-8-24)16-3-6-19-20(12-16)28-14-27-19/h1-6,12,18H,7-11,13-14H2,(H,23,25). The molecular formula is C21H23FN2O4. The number of carbonyl (C=O) groups is 1. The van der Waals surface area contributed by atoms with E-state index >= 15 is 0 Å². The number of carbonyl (C=O) groups excluding carboxylic acids is 1. The zero-order valence-electron chi connectivity index (χ0n) is 15.5. The second kappa shape index (κ2) is 8.58. The normalized spacial score (nSPS) is 17.3. The maximum absolute atomic E-state index is 13.0. The van der Waals surface area contributed by atoms with E-state index in [1.807, 2.05) is 18.2 Å². The smallest absolute Gasteiger partial charge is 0.231 e. The van der Waals surface area contributed by atoms with Gasteiger partial charge in [0.15, 0.2) is 11.5 Å². The summed E-state index contributed by atoms with van der Waals surface area (Å²) in [5.74, 6) is 1.07. The number of morpholine rings is 1. The summed E-state index contributed by atoms with van der Waals surface area (Å²) in [7, 11) is 0. The molecule has 1 saturated heterocycles. The molecule has 2 aliphatic rings. The summed E-state index contributed by atoms with van der Waals surface area (Å²) >= 11 is 0. The Hall–Kier alpha value is -2.64. The summed E-state index contributed by atoms with van der Waals surface area (Å²) in [6.07, 6.45) is 0.219. The van der Waals surface area contributed by atoms with Crippen LogP contribution in [0.1, 0.15) is 17.2 Å². The molecule has 2 aromatic rings. The van der Waals surface area contributed by atoms with Gasteiger partial charge in [-0.2, -0.15) is 0 Å². The van der Waals surface area contributed by atoms with Gasteiger partial charge < -0.3 is 19.5 Å². The van der Waals surface area contributed by atoms with Crippen molar-refractivity contribution in [3.63, 3.8) is 0 Å². The van der Waals surface area contributed by atoms with Gasteiger partial charge in [0.1, 0.15) is 5.82 Å². The van der Waals surface area contributed by atoms with Gasteiger partial charge in [0.25, 0.3) is 0 Å². The third kappa shape index (κ3) is 4.43. The molecule has 1 unspecified atom stereocenters. The van der Waals surface area contributed by atoms with Crippen molar-refractivity contribution in [2.45, 2.75) is 12.5 Å². The molecule has 6 nitrogen and oxygen atoms in total. The Labute approximate surface area is 163 Å². The van der Waals surface area contributed by atoms with Crippen molar-refractivity contribution in [3.8, 4) is 11.5 Å². The summed E-state index contributed by atoms with van der Waals surface area (Å²) in [6, 6.07) is 11.9. The summed E-state index contributed by atoms with van der Waals surface area (Å²) in [5.41, 5.74) is 1.85. The minimum absolute atomic E-state index is 0.00979. The maximum Gasteiger partial charge on any atom is 0.231 e. The first-order chi connectivity index (χ1) is 13.7. The Morgan fingerprint density at radius 1 is 1.07 bits per heavy atom. The number of hydrogen-bond donors (Lipinski definition) is 1. The van der Waals surface area contributed by atoms with Gasteiger partial charge >= 0.3 is 0 Å². The van der Waals surface area contributed by atoms with Gasteiger partial charge in [0.05, 0.1) is 25.7 Å². The third-order valence-electron chi connectivity index (χ3n) is 5.04. The van der Waals surface area contributed by atoms with E-state index in [-0.39, 0.29) is 31.0 Å². The highest BCUT2D eigenvalue weighted by molar-refractivity contribution is 5.78. The molecule has 0 aromatic heterocycles. The largest absolute Gasteiger partial charge is 0.454 e. The number of benzene rings is 2. The summed E-state index contributed by atoms with van der Waals surface area (Å²) in [4.78, 5) is 14.7. The first-order valence-corrected chi connectivity index (χ1v) is 9.41. The van der Waals surface area contributed by atoms with E-state index in [0.29, 0.717) is 19.8 Å². The number of ether oxygens (including phenoxy) is 3. The van der Waals surface area contributed by atoms with E-state index in [0.717, 1.165) is 35.7 Å². The fraction of sp³-hybridized carbons (Fsp3) is 0.381. The number of hydrogen-bond acceptors (Lipinski definition) is 5. The van der Waals surface area contributed by atoms with Crippen molar-refractivity contribution in [1.82, 2.24) is 10.2 Å². The van der Waals surface area contributed by atoms with E-state index in [1.54, 1.807) is 12.1 Å². The van der Waals surface area contributed by atoms with Crippen molar-refractivity contribution >= 4 is 5.91 Å². The monoisotopic (exact) mass is 386 g/mol. The quantitative estimate of drug-likeness (QED) is 0.826. The van der Waals surface area contributed by atoms with Gasteiger partial charge in [0, 0.05) is 19.6 Å². The molecule has 1 N–H and O–H groups in total. The Morgan fingerprint density at radius 3 is 2.61 bits per heavy atom. The lowest BCUT2D eigenvalue weighted by molar-refractivity contribution is -0.120. The molecule has 148 valence electrons. The van der Waals surface area contributed by atoms with Gasteiger partial charge in [-0.15, -0.1) is 0 Å². The first-order valence-electron chi connectivity index (χ1n) is 9.41. The molecule has 7 heteroatoms. The van der Waals surface area contributed by atoms with Crippen LogP contribution >= 0.6 is 0 Å². The van der Waals surface area contributed by atoms with Crippen LogP contribution in [0.25, 0.3) is 0 Å². The third-order valence-corrected chi connectivity index (χ3v) is 5.04. The predicted molar refractivity (Wildman–Crippen MR) is 101 cm³/mol. The zero-order valence-corrected chi connectivity index (χ0v) is 15.5. The van der Waals surface area contributed by atoms with Crippen LogP contribution in [0, 0.1) is 5.82 Å². The second-order valence-corrected chi connectivity index (χ2v) is 6.88. The predicted octanol–water partition coefficient (Wildman–Crippen LogP) is 2.29. The minimum Gasteiger partial charge on any atom is -0.454 e. The average Bonchev–Trinajstić information content (AvgIpc) is 3.19. The zero-order chi connectivity index (χ0) is 19.3. The van der Waals surface area contributed by atoms with Crippen molar-refractivity contribution in [1.29, 1.82) is 0 Å². The fourth-order valence-corrected chi connectivity index (χ4v) is 3.53. The van der Waals surface area contributed by atoms with Crippen LogP contribution < -0.4 is 14.8 Å². The van der Waals surface area contributed by atoms with E-state index in [9.17, 15) is 9.18 Å². The number of nitrogens with zero attached hydrogens (tertiary/aromatic N) is 1. The lowest BCUT2D eigenvalue weighted by Crippen LogP contribution is -2.44. The van der Waals surface area contributed by atoms with Crippen molar-refractivity contribution in [2.24, 2.45) is 0 Å². The highest BCUT2D eigenvalue weighted by atomic mass is 19.1.